The van der Waals surface area contributed by atoms with Gasteiger partial charge in [-0.25, -0.2) is 0 Å². The van der Waals surface area contributed by atoms with E-state index in [1.165, 1.54) is 43.4 Å². The van der Waals surface area contributed by atoms with E-state index in [2.05, 4.69) is 49.2 Å². The molecule has 2 aromatic rings. The zero-order valence-corrected chi connectivity index (χ0v) is 12.5. The number of para-hydroxylation sites is 1. The Hall–Kier alpha value is -1.48. The van der Waals surface area contributed by atoms with Crippen LogP contribution in [0.15, 0.2) is 30.5 Å². The number of hydrogen-bond acceptors (Lipinski definition) is 2. The van der Waals surface area contributed by atoms with E-state index >= 15 is 0 Å². The number of rotatable bonds is 3. The zero-order chi connectivity index (χ0) is 14.1. The van der Waals surface area contributed by atoms with E-state index in [1.807, 2.05) is 0 Å². The quantitative estimate of drug-likeness (QED) is 0.870. The van der Waals surface area contributed by atoms with Crippen LogP contribution in [-0.4, -0.2) is 29.2 Å². The Morgan fingerprint density at radius 3 is 2.60 bits per heavy atom. The fourth-order valence-corrected chi connectivity index (χ4v) is 3.50. The van der Waals surface area contributed by atoms with Gasteiger partial charge in [0.1, 0.15) is 0 Å². The van der Waals surface area contributed by atoms with Crippen molar-refractivity contribution in [2.75, 3.05) is 25.5 Å². The molecule has 0 unspecified atom stereocenters. The molecule has 0 amide bonds. The number of fused-ring (bicyclic) bond motifs is 1. The third-order valence-electron chi connectivity index (χ3n) is 4.42. The smallest absolute Gasteiger partial charge is 0.0693 e. The highest BCUT2D eigenvalue weighted by Gasteiger charge is 2.23. The van der Waals surface area contributed by atoms with Gasteiger partial charge in [-0.05, 0) is 49.4 Å². The third kappa shape index (κ3) is 2.55. The molecule has 0 saturated carbocycles. The summed E-state index contributed by atoms with van der Waals surface area (Å²) in [6, 6.07) is 8.47. The molecule has 1 aromatic carbocycles. The van der Waals surface area contributed by atoms with Crippen LogP contribution in [-0.2, 0) is 0 Å². The molecule has 3 nitrogen and oxygen atoms in total. The molecule has 0 atom stereocenters. The number of aromatic nitrogens is 1. The summed E-state index contributed by atoms with van der Waals surface area (Å²) >= 11 is 0. The lowest BCUT2D eigenvalue weighted by Crippen LogP contribution is -2.35. The maximum absolute atomic E-state index is 6.08. The minimum Gasteiger partial charge on any atom is -0.339 e. The minimum atomic E-state index is 0.660. The lowest BCUT2D eigenvalue weighted by Gasteiger charge is -2.32. The third-order valence-corrected chi connectivity index (χ3v) is 4.42. The summed E-state index contributed by atoms with van der Waals surface area (Å²) in [5, 5.41) is 1.33. The molecular formula is C17H25N3. The highest BCUT2D eigenvalue weighted by Crippen LogP contribution is 2.33. The van der Waals surface area contributed by atoms with Gasteiger partial charge in [0.05, 0.1) is 5.52 Å². The lowest BCUT2D eigenvalue weighted by molar-refractivity contribution is 0.192. The van der Waals surface area contributed by atoms with E-state index in [-0.39, 0.29) is 0 Å². The standard InChI is InChI=1S/C17H25N3/c1-13(2)11-19-9-7-14(8-10-19)16-12-20(18)17-6-4-3-5-15(16)17/h3-6,12-14H,7-11,18H2,1-2H3. The van der Waals surface area contributed by atoms with Crippen molar-refractivity contribution in [2.45, 2.75) is 32.6 Å². The van der Waals surface area contributed by atoms with Crippen molar-refractivity contribution >= 4 is 10.9 Å². The van der Waals surface area contributed by atoms with Gasteiger partial charge >= 0.3 is 0 Å². The van der Waals surface area contributed by atoms with Crippen LogP contribution < -0.4 is 5.84 Å². The largest absolute Gasteiger partial charge is 0.339 e. The van der Waals surface area contributed by atoms with Crippen molar-refractivity contribution in [1.82, 2.24) is 9.58 Å². The second-order valence-electron chi connectivity index (χ2n) is 6.48. The Bertz CT molecular complexity index is 577. The fraction of sp³-hybridized carbons (Fsp3) is 0.529. The van der Waals surface area contributed by atoms with Crippen LogP contribution in [0.5, 0.6) is 0 Å². The molecule has 1 aliphatic rings. The van der Waals surface area contributed by atoms with Crippen molar-refractivity contribution in [2.24, 2.45) is 5.92 Å². The molecule has 108 valence electrons. The Morgan fingerprint density at radius 2 is 1.90 bits per heavy atom. The van der Waals surface area contributed by atoms with E-state index in [4.69, 9.17) is 5.84 Å². The SMILES string of the molecule is CC(C)CN1CCC(c2cn(N)c3ccccc23)CC1. The second-order valence-corrected chi connectivity index (χ2v) is 6.48. The molecule has 0 spiro atoms. The molecular weight excluding hydrogens is 246 g/mol. The number of nitrogens with two attached hydrogens (primary N) is 1. The molecule has 0 radical (unpaired) electrons. The molecule has 1 aromatic heterocycles. The van der Waals surface area contributed by atoms with Gasteiger partial charge in [0.2, 0.25) is 0 Å². The van der Waals surface area contributed by atoms with Gasteiger partial charge in [-0.1, -0.05) is 32.0 Å². The second kappa shape index (κ2) is 5.49. The van der Waals surface area contributed by atoms with E-state index in [9.17, 15) is 0 Å². The van der Waals surface area contributed by atoms with Crippen LogP contribution >= 0.6 is 0 Å². The average molecular weight is 271 g/mol. The average Bonchev–Trinajstić information content (AvgIpc) is 2.77. The maximum Gasteiger partial charge on any atom is 0.0693 e. The number of hydrogen-bond donors (Lipinski definition) is 1. The van der Waals surface area contributed by atoms with E-state index < -0.39 is 0 Å². The van der Waals surface area contributed by atoms with E-state index in [1.54, 1.807) is 4.68 Å². The number of nitrogens with zero attached hydrogens (tertiary/aromatic N) is 2. The van der Waals surface area contributed by atoms with Gasteiger partial charge in [-0.3, -0.25) is 4.68 Å². The highest BCUT2D eigenvalue weighted by molar-refractivity contribution is 5.84. The summed E-state index contributed by atoms with van der Waals surface area (Å²) in [4.78, 5) is 2.60. The summed E-state index contributed by atoms with van der Waals surface area (Å²) in [7, 11) is 0. The van der Waals surface area contributed by atoms with Crippen LogP contribution in [0.1, 0.15) is 38.2 Å². The first-order chi connectivity index (χ1) is 9.65. The topological polar surface area (TPSA) is 34.2 Å². The first-order valence-corrected chi connectivity index (χ1v) is 7.72. The Labute approximate surface area is 121 Å². The van der Waals surface area contributed by atoms with Gasteiger partial charge in [-0.15, -0.1) is 0 Å². The van der Waals surface area contributed by atoms with Crippen molar-refractivity contribution < 1.29 is 0 Å². The van der Waals surface area contributed by atoms with Crippen LogP contribution in [0, 0.1) is 5.92 Å². The number of benzene rings is 1. The maximum atomic E-state index is 6.08. The molecule has 1 saturated heterocycles. The molecule has 20 heavy (non-hydrogen) atoms. The van der Waals surface area contributed by atoms with Crippen LogP contribution in [0.25, 0.3) is 10.9 Å². The summed E-state index contributed by atoms with van der Waals surface area (Å²) in [6.45, 7) is 8.26. The fourth-order valence-electron chi connectivity index (χ4n) is 3.50. The lowest BCUT2D eigenvalue weighted by atomic mass is 9.89. The molecule has 0 aliphatic carbocycles. The molecule has 1 fully saturated rings. The Morgan fingerprint density at radius 1 is 1.20 bits per heavy atom. The summed E-state index contributed by atoms with van der Waals surface area (Å²) in [6.07, 6.45) is 4.63. The number of nitrogen functional groups attached to an aromatic ring is 1. The van der Waals surface area contributed by atoms with Gasteiger partial charge in [0, 0.05) is 18.1 Å². The van der Waals surface area contributed by atoms with Crippen LogP contribution in [0.3, 0.4) is 0 Å². The Kier molecular flexibility index (Phi) is 3.70. The predicted molar refractivity (Wildman–Crippen MR) is 85.3 cm³/mol. The monoisotopic (exact) mass is 271 g/mol. The first-order valence-electron chi connectivity index (χ1n) is 7.72. The molecule has 0 bridgehead atoms. The van der Waals surface area contributed by atoms with Gasteiger partial charge in [-0.2, -0.15) is 0 Å². The van der Waals surface area contributed by atoms with Crippen LogP contribution in [0.4, 0.5) is 0 Å². The molecule has 3 rings (SSSR count). The summed E-state index contributed by atoms with van der Waals surface area (Å²) in [5.41, 5.74) is 2.58. The van der Waals surface area contributed by atoms with E-state index in [0.29, 0.717) is 5.92 Å². The van der Waals surface area contributed by atoms with Gasteiger partial charge in [0.25, 0.3) is 0 Å². The van der Waals surface area contributed by atoms with Crippen molar-refractivity contribution in [1.29, 1.82) is 0 Å². The zero-order valence-electron chi connectivity index (χ0n) is 12.5. The van der Waals surface area contributed by atoms with Crippen molar-refractivity contribution in [3.8, 4) is 0 Å². The highest BCUT2D eigenvalue weighted by atomic mass is 15.3. The molecule has 2 heterocycles. The normalized spacial score (nSPS) is 18.1. The summed E-state index contributed by atoms with van der Waals surface area (Å²) < 4.78 is 1.78. The van der Waals surface area contributed by atoms with Crippen molar-refractivity contribution in [3.05, 3.63) is 36.0 Å². The van der Waals surface area contributed by atoms with E-state index in [0.717, 1.165) is 11.4 Å². The molecule has 3 heteroatoms. The number of piperidine rings is 1. The predicted octanol–water partition coefficient (Wildman–Crippen LogP) is 3.19. The molecule has 1 aliphatic heterocycles. The Balaban J connectivity index is 1.77. The van der Waals surface area contributed by atoms with Crippen LogP contribution in [0.2, 0.25) is 0 Å². The van der Waals surface area contributed by atoms with Gasteiger partial charge < -0.3 is 10.7 Å². The van der Waals surface area contributed by atoms with Crippen molar-refractivity contribution in [3.63, 3.8) is 0 Å². The van der Waals surface area contributed by atoms with Gasteiger partial charge in [0.15, 0.2) is 0 Å². The molecule has 2 N–H and O–H groups in total. The number of likely N-dealkylation sites (tertiary alicyclic amines) is 1. The first kappa shape index (κ1) is 13.5. The summed E-state index contributed by atoms with van der Waals surface area (Å²) in [5.74, 6) is 7.51. The minimum absolute atomic E-state index is 0.660.